The van der Waals surface area contributed by atoms with Crippen molar-refractivity contribution >= 4 is 28.8 Å². The maximum atomic E-state index is 14.3. The van der Waals surface area contributed by atoms with E-state index in [0.29, 0.717) is 11.6 Å². The van der Waals surface area contributed by atoms with E-state index in [9.17, 15) is 13.6 Å². The number of carbonyl (C=O) groups excluding carboxylic acids is 1. The molecule has 0 fully saturated rings. The third-order valence-corrected chi connectivity index (χ3v) is 8.18. The Labute approximate surface area is 261 Å². The van der Waals surface area contributed by atoms with Gasteiger partial charge in [-0.1, -0.05) is 31.2 Å². The molecule has 0 saturated carbocycles. The minimum Gasteiger partial charge on any atom is -0.351 e. The van der Waals surface area contributed by atoms with Crippen LogP contribution in [0.15, 0.2) is 103 Å². The Morgan fingerprint density at radius 1 is 0.956 bits per heavy atom. The van der Waals surface area contributed by atoms with Gasteiger partial charge in [0.25, 0.3) is 5.91 Å². The zero-order chi connectivity index (χ0) is 31.5. The molecule has 1 aromatic heterocycles. The molecule has 1 amide bonds. The highest BCUT2D eigenvalue weighted by atomic mass is 19.1. The minimum absolute atomic E-state index is 0.177. The lowest BCUT2D eigenvalue weighted by Gasteiger charge is -2.27. The molecule has 4 aromatic rings. The van der Waals surface area contributed by atoms with Crippen molar-refractivity contribution in [3.63, 3.8) is 0 Å². The van der Waals surface area contributed by atoms with Crippen molar-refractivity contribution < 1.29 is 13.6 Å². The van der Waals surface area contributed by atoms with Gasteiger partial charge in [0.1, 0.15) is 11.6 Å². The number of hydrogen-bond donors (Lipinski definition) is 2. The number of halogens is 2. The average Bonchev–Trinajstić information content (AvgIpc) is 3.03. The van der Waals surface area contributed by atoms with Crippen molar-refractivity contribution in [1.82, 2.24) is 19.8 Å². The summed E-state index contributed by atoms with van der Waals surface area (Å²) in [5.74, 6) is -1.89. The number of anilines is 3. The van der Waals surface area contributed by atoms with Gasteiger partial charge < -0.3 is 20.4 Å². The zero-order valence-corrected chi connectivity index (χ0v) is 25.4. The quantitative estimate of drug-likeness (QED) is 0.231. The van der Waals surface area contributed by atoms with Gasteiger partial charge in [0.2, 0.25) is 5.95 Å². The van der Waals surface area contributed by atoms with E-state index in [-0.39, 0.29) is 11.5 Å². The van der Waals surface area contributed by atoms with Crippen LogP contribution in [0, 0.1) is 11.6 Å². The second kappa shape index (κ2) is 12.8. The van der Waals surface area contributed by atoms with Crippen molar-refractivity contribution in [2.75, 3.05) is 31.3 Å². The maximum absolute atomic E-state index is 14.3. The molecule has 0 spiro atoms. The molecule has 0 radical (unpaired) electrons. The Morgan fingerprint density at radius 2 is 1.82 bits per heavy atom. The largest absolute Gasteiger partial charge is 0.351 e. The van der Waals surface area contributed by atoms with Gasteiger partial charge in [0.15, 0.2) is 0 Å². The van der Waals surface area contributed by atoms with Crippen LogP contribution in [-0.2, 0) is 13.0 Å². The first-order valence-electron chi connectivity index (χ1n) is 14.8. The molecule has 2 N–H and O–H groups in total. The van der Waals surface area contributed by atoms with Crippen LogP contribution < -0.4 is 10.6 Å². The Bertz CT molecular complexity index is 1850. The number of benzene rings is 3. The van der Waals surface area contributed by atoms with Crippen LogP contribution in [0.3, 0.4) is 0 Å². The Hall–Kier alpha value is -5.15. The fourth-order valence-corrected chi connectivity index (χ4v) is 5.77. The van der Waals surface area contributed by atoms with Gasteiger partial charge in [0, 0.05) is 61.1 Å². The summed E-state index contributed by atoms with van der Waals surface area (Å²) in [5.41, 5.74) is 7.27. The Balaban J connectivity index is 1.31. The molecule has 2 aliphatic rings. The van der Waals surface area contributed by atoms with Crippen molar-refractivity contribution in [3.8, 4) is 0 Å². The summed E-state index contributed by atoms with van der Waals surface area (Å²) in [4.78, 5) is 26.7. The number of amides is 1. The summed E-state index contributed by atoms with van der Waals surface area (Å²) < 4.78 is 28.0. The van der Waals surface area contributed by atoms with E-state index < -0.39 is 17.5 Å². The molecule has 45 heavy (non-hydrogen) atoms. The first-order chi connectivity index (χ1) is 21.7. The number of likely N-dealkylation sites (N-methyl/N-ethyl adjacent to an activating group) is 2. The molecule has 228 valence electrons. The van der Waals surface area contributed by atoms with E-state index in [1.807, 2.05) is 60.6 Å². The van der Waals surface area contributed by atoms with Crippen molar-refractivity contribution in [2.24, 2.45) is 0 Å². The average molecular weight is 605 g/mol. The molecular formula is C36H34F2N6O. The van der Waals surface area contributed by atoms with Crippen LogP contribution in [0.1, 0.15) is 45.6 Å². The summed E-state index contributed by atoms with van der Waals surface area (Å²) in [5, 5.41) is 6.11. The van der Waals surface area contributed by atoms with Gasteiger partial charge in [-0.15, -0.1) is 0 Å². The van der Waals surface area contributed by atoms with Crippen LogP contribution in [0.25, 0.3) is 5.57 Å². The Morgan fingerprint density at radius 3 is 2.67 bits per heavy atom. The second-order valence-electron chi connectivity index (χ2n) is 11.4. The molecule has 0 saturated heterocycles. The molecule has 9 heteroatoms. The van der Waals surface area contributed by atoms with E-state index in [4.69, 9.17) is 4.98 Å². The van der Waals surface area contributed by atoms with Crippen LogP contribution in [0.5, 0.6) is 0 Å². The van der Waals surface area contributed by atoms with Crippen molar-refractivity contribution in [2.45, 2.75) is 25.8 Å². The predicted molar refractivity (Wildman–Crippen MR) is 174 cm³/mol. The van der Waals surface area contributed by atoms with Gasteiger partial charge in [0.05, 0.1) is 11.3 Å². The first kappa shape index (κ1) is 29.9. The number of carbonyl (C=O) groups is 1. The van der Waals surface area contributed by atoms with Crippen molar-refractivity contribution in [3.05, 3.63) is 143 Å². The van der Waals surface area contributed by atoms with Gasteiger partial charge >= 0.3 is 0 Å². The van der Waals surface area contributed by atoms with E-state index in [1.54, 1.807) is 12.3 Å². The lowest BCUT2D eigenvalue weighted by atomic mass is 9.88. The smallest absolute Gasteiger partial charge is 0.258 e. The normalized spacial score (nSPS) is 16.2. The third-order valence-electron chi connectivity index (χ3n) is 8.18. The number of aromatic nitrogens is 2. The summed E-state index contributed by atoms with van der Waals surface area (Å²) in [6, 6.07) is 18.5. The van der Waals surface area contributed by atoms with Gasteiger partial charge in [-0.25, -0.2) is 18.7 Å². The number of rotatable bonds is 7. The fraction of sp³-hybridized carbons (Fsp3) is 0.194. The van der Waals surface area contributed by atoms with Crippen LogP contribution in [-0.4, -0.2) is 46.3 Å². The van der Waals surface area contributed by atoms with E-state index in [0.717, 1.165) is 65.9 Å². The topological polar surface area (TPSA) is 73.4 Å². The number of allylic oxidation sites excluding steroid dienone is 4. The van der Waals surface area contributed by atoms with Gasteiger partial charge in [-0.05, 0) is 90.8 Å². The van der Waals surface area contributed by atoms with Gasteiger partial charge in [-0.3, -0.25) is 4.79 Å². The minimum atomic E-state index is -0.790. The summed E-state index contributed by atoms with van der Waals surface area (Å²) in [7, 11) is 4.11. The fourth-order valence-electron chi connectivity index (χ4n) is 5.77. The molecular weight excluding hydrogens is 570 g/mol. The maximum Gasteiger partial charge on any atom is 0.258 e. The number of fused-ring (bicyclic) bond motifs is 1. The third kappa shape index (κ3) is 6.68. The van der Waals surface area contributed by atoms with Crippen LogP contribution >= 0.6 is 0 Å². The zero-order valence-electron chi connectivity index (χ0n) is 25.4. The standard InChI is InChI=1S/C36H34F2N6O/c1-23(25-7-6-8-28(19-25)40-35(45)30-21-27(37)11-13-31(30)38)34(33-9-4-5-17-44(33)3)32-14-16-39-36(42-32)41-29-12-10-24-15-18-43(2)22-26(24)20-29/h4-14,16-17,19-21,23H,15,18,22H2,1-3H3,(H,40,45)(H,39,41,42)/b34-33+. The number of nitrogens with one attached hydrogen (secondary N) is 2. The summed E-state index contributed by atoms with van der Waals surface area (Å²) in [6.45, 7) is 4.03. The van der Waals surface area contributed by atoms with Crippen molar-refractivity contribution in [1.29, 1.82) is 0 Å². The lowest BCUT2D eigenvalue weighted by molar-refractivity contribution is 0.102. The second-order valence-corrected chi connectivity index (χ2v) is 11.4. The van der Waals surface area contributed by atoms with Gasteiger partial charge in [-0.2, -0.15) is 0 Å². The van der Waals surface area contributed by atoms with E-state index >= 15 is 0 Å². The summed E-state index contributed by atoms with van der Waals surface area (Å²) >= 11 is 0. The Kier molecular flexibility index (Phi) is 8.53. The molecule has 2 aliphatic heterocycles. The monoisotopic (exact) mass is 604 g/mol. The summed E-state index contributed by atoms with van der Waals surface area (Å²) in [6.07, 6.45) is 10.8. The predicted octanol–water partition coefficient (Wildman–Crippen LogP) is 7.27. The highest BCUT2D eigenvalue weighted by Gasteiger charge is 2.23. The van der Waals surface area contributed by atoms with E-state index in [1.165, 1.54) is 11.1 Å². The molecule has 3 heterocycles. The van der Waals surface area contributed by atoms with Crippen LogP contribution in [0.2, 0.25) is 0 Å². The molecule has 0 bridgehead atoms. The first-order valence-corrected chi connectivity index (χ1v) is 14.8. The molecule has 0 aliphatic carbocycles. The van der Waals surface area contributed by atoms with E-state index in [2.05, 4.69) is 52.7 Å². The molecule has 1 unspecified atom stereocenters. The number of hydrogen-bond acceptors (Lipinski definition) is 6. The van der Waals surface area contributed by atoms with Crippen LogP contribution in [0.4, 0.5) is 26.1 Å². The molecule has 1 atom stereocenters. The lowest BCUT2D eigenvalue weighted by Crippen LogP contribution is -2.26. The SMILES string of the molecule is CC(/C(=C1/C=CC=CN1C)c1ccnc(Nc2ccc3c(c2)CN(C)CC3)n1)c1cccc(NC(=O)c2cc(F)ccc2F)c1. The highest BCUT2D eigenvalue weighted by molar-refractivity contribution is 6.04. The number of nitrogens with zero attached hydrogens (tertiary/aromatic N) is 4. The highest BCUT2D eigenvalue weighted by Crippen LogP contribution is 2.37. The molecule has 7 nitrogen and oxygen atoms in total. The molecule has 3 aromatic carbocycles. The molecule has 6 rings (SSSR count).